The minimum absolute atomic E-state index is 0.120. The molecule has 0 saturated carbocycles. The van der Waals surface area contributed by atoms with Crippen molar-refractivity contribution in [2.75, 3.05) is 17.4 Å². The van der Waals surface area contributed by atoms with Crippen LogP contribution in [0.5, 0.6) is 0 Å². The van der Waals surface area contributed by atoms with Gasteiger partial charge in [0.25, 0.3) is 0 Å². The van der Waals surface area contributed by atoms with Gasteiger partial charge in [-0.05, 0) is 22.4 Å². The Balaban J connectivity index is 2.30. The molecule has 3 N–H and O–H groups in total. The number of hydrazine groups is 1. The van der Waals surface area contributed by atoms with Crippen molar-refractivity contribution in [3.05, 3.63) is 34.3 Å². The van der Waals surface area contributed by atoms with Gasteiger partial charge in [0.1, 0.15) is 17.5 Å². The van der Waals surface area contributed by atoms with Crippen LogP contribution in [0, 0.1) is 0 Å². The second-order valence-electron chi connectivity index (χ2n) is 5.82. The Labute approximate surface area is 123 Å². The molecule has 0 aliphatic heterocycles. The van der Waals surface area contributed by atoms with Crippen LogP contribution in [0.1, 0.15) is 32.2 Å². The van der Waals surface area contributed by atoms with Crippen molar-refractivity contribution in [2.24, 2.45) is 5.84 Å². The minimum atomic E-state index is -0.120. The van der Waals surface area contributed by atoms with Crippen molar-refractivity contribution in [1.82, 2.24) is 9.97 Å². The first-order valence-corrected chi connectivity index (χ1v) is 7.43. The van der Waals surface area contributed by atoms with Gasteiger partial charge in [0, 0.05) is 25.1 Å². The van der Waals surface area contributed by atoms with Crippen LogP contribution in [-0.4, -0.2) is 17.0 Å². The Hall–Kier alpha value is -1.66. The van der Waals surface area contributed by atoms with Crippen molar-refractivity contribution >= 4 is 23.0 Å². The molecular weight excluding hydrogens is 270 g/mol. The maximum Gasteiger partial charge on any atom is 0.145 e. The summed E-state index contributed by atoms with van der Waals surface area (Å²) in [7, 11) is 2.02. The largest absolute Gasteiger partial charge is 0.355 e. The lowest BCUT2D eigenvalue weighted by Gasteiger charge is -2.23. The van der Waals surface area contributed by atoms with Crippen LogP contribution >= 0.6 is 11.3 Å². The summed E-state index contributed by atoms with van der Waals surface area (Å²) >= 11 is 1.70. The molecule has 0 aliphatic carbocycles. The van der Waals surface area contributed by atoms with E-state index in [9.17, 15) is 0 Å². The van der Waals surface area contributed by atoms with Crippen molar-refractivity contribution in [3.8, 4) is 0 Å². The van der Waals surface area contributed by atoms with Crippen LogP contribution in [-0.2, 0) is 12.0 Å². The Morgan fingerprint density at radius 1 is 1.35 bits per heavy atom. The van der Waals surface area contributed by atoms with Gasteiger partial charge in [0.15, 0.2) is 0 Å². The third kappa shape index (κ3) is 3.46. The lowest BCUT2D eigenvalue weighted by atomic mass is 9.96. The van der Waals surface area contributed by atoms with Crippen molar-refractivity contribution in [2.45, 2.75) is 32.7 Å². The van der Waals surface area contributed by atoms with Crippen LogP contribution in [0.25, 0.3) is 0 Å². The number of hydrogen-bond acceptors (Lipinski definition) is 6. The molecule has 6 heteroatoms. The Kier molecular flexibility index (Phi) is 4.25. The molecule has 2 aromatic heterocycles. The number of nitrogens with two attached hydrogens (primary N) is 1. The van der Waals surface area contributed by atoms with E-state index in [0.717, 1.165) is 18.2 Å². The fourth-order valence-electron chi connectivity index (χ4n) is 1.78. The number of aromatic nitrogens is 2. The molecule has 0 unspecified atom stereocenters. The summed E-state index contributed by atoms with van der Waals surface area (Å²) in [5, 5.41) is 4.22. The monoisotopic (exact) mass is 291 g/mol. The molecule has 0 spiro atoms. The lowest BCUT2D eigenvalue weighted by Crippen LogP contribution is -2.23. The van der Waals surface area contributed by atoms with Crippen LogP contribution in [0.3, 0.4) is 0 Å². The molecule has 5 nitrogen and oxygen atoms in total. The van der Waals surface area contributed by atoms with E-state index in [-0.39, 0.29) is 5.41 Å². The predicted molar refractivity (Wildman–Crippen MR) is 85.0 cm³/mol. The molecule has 0 aromatic carbocycles. The van der Waals surface area contributed by atoms with Gasteiger partial charge in [-0.2, -0.15) is 11.3 Å². The van der Waals surface area contributed by atoms with Crippen molar-refractivity contribution in [1.29, 1.82) is 0 Å². The van der Waals surface area contributed by atoms with Crippen LogP contribution in [0.15, 0.2) is 22.9 Å². The maximum atomic E-state index is 5.51. The van der Waals surface area contributed by atoms with Crippen LogP contribution in [0.4, 0.5) is 11.6 Å². The first-order chi connectivity index (χ1) is 9.40. The van der Waals surface area contributed by atoms with E-state index in [1.54, 1.807) is 11.3 Å². The third-order valence-corrected chi connectivity index (χ3v) is 3.65. The van der Waals surface area contributed by atoms with E-state index in [1.807, 2.05) is 13.1 Å². The number of nitrogen functional groups attached to an aromatic ring is 1. The summed E-state index contributed by atoms with van der Waals surface area (Å²) < 4.78 is 0. The molecule has 0 aliphatic rings. The summed E-state index contributed by atoms with van der Waals surface area (Å²) in [4.78, 5) is 11.2. The Bertz CT molecular complexity index is 559. The fourth-order valence-corrected chi connectivity index (χ4v) is 2.44. The number of nitrogens with zero attached hydrogens (tertiary/aromatic N) is 3. The van der Waals surface area contributed by atoms with Gasteiger partial charge in [0.05, 0.1) is 0 Å². The van der Waals surface area contributed by atoms with E-state index >= 15 is 0 Å². The molecule has 2 aromatic rings. The second kappa shape index (κ2) is 5.76. The molecule has 2 heterocycles. The highest BCUT2D eigenvalue weighted by Gasteiger charge is 2.20. The molecule has 108 valence electrons. The van der Waals surface area contributed by atoms with Gasteiger partial charge in [-0.3, -0.25) is 0 Å². The molecule has 0 radical (unpaired) electrons. The zero-order valence-electron chi connectivity index (χ0n) is 12.3. The summed E-state index contributed by atoms with van der Waals surface area (Å²) in [5.41, 5.74) is 3.77. The van der Waals surface area contributed by atoms with Gasteiger partial charge in [-0.15, -0.1) is 0 Å². The topological polar surface area (TPSA) is 67.1 Å². The molecule has 0 saturated heterocycles. The van der Waals surface area contributed by atoms with Gasteiger partial charge < -0.3 is 10.3 Å². The number of hydrogen-bond donors (Lipinski definition) is 2. The smallest absolute Gasteiger partial charge is 0.145 e. The summed E-state index contributed by atoms with van der Waals surface area (Å²) in [6.07, 6.45) is 0. The van der Waals surface area contributed by atoms with Gasteiger partial charge in [-0.1, -0.05) is 20.8 Å². The van der Waals surface area contributed by atoms with Crippen molar-refractivity contribution < 1.29 is 0 Å². The SMILES string of the molecule is CN(Cc1ccsc1)c1cc(NN)nc(C(C)(C)C)n1. The molecule has 0 fully saturated rings. The van der Waals surface area contributed by atoms with Crippen molar-refractivity contribution in [3.63, 3.8) is 0 Å². The van der Waals surface area contributed by atoms with E-state index < -0.39 is 0 Å². The molecule has 2 rings (SSSR count). The maximum absolute atomic E-state index is 5.51. The highest BCUT2D eigenvalue weighted by molar-refractivity contribution is 7.07. The molecule has 20 heavy (non-hydrogen) atoms. The molecule has 0 atom stereocenters. The van der Waals surface area contributed by atoms with Crippen LogP contribution < -0.4 is 16.2 Å². The molecular formula is C14H21N5S. The number of thiophene rings is 1. The number of anilines is 2. The predicted octanol–water partition coefficient (Wildman–Crippen LogP) is 2.76. The summed E-state index contributed by atoms with van der Waals surface area (Å²) in [6, 6.07) is 3.98. The fraction of sp³-hybridized carbons (Fsp3) is 0.429. The standard InChI is InChI=1S/C14H21N5S/c1-14(2,3)13-16-11(18-15)7-12(17-13)19(4)8-10-5-6-20-9-10/h5-7,9H,8,15H2,1-4H3,(H,16,17,18). The first-order valence-electron chi connectivity index (χ1n) is 6.48. The third-order valence-electron chi connectivity index (χ3n) is 2.92. The quantitative estimate of drug-likeness (QED) is 0.670. The normalized spacial score (nSPS) is 11.4. The highest BCUT2D eigenvalue weighted by atomic mass is 32.1. The van der Waals surface area contributed by atoms with E-state index in [1.165, 1.54) is 5.56 Å². The molecule has 0 bridgehead atoms. The van der Waals surface area contributed by atoms with Gasteiger partial charge in [0.2, 0.25) is 0 Å². The van der Waals surface area contributed by atoms with E-state index in [0.29, 0.717) is 5.82 Å². The van der Waals surface area contributed by atoms with Crippen LogP contribution in [0.2, 0.25) is 0 Å². The average molecular weight is 291 g/mol. The number of rotatable bonds is 4. The summed E-state index contributed by atoms with van der Waals surface area (Å²) in [5.74, 6) is 7.79. The average Bonchev–Trinajstić information content (AvgIpc) is 2.90. The van der Waals surface area contributed by atoms with Gasteiger partial charge >= 0.3 is 0 Å². The second-order valence-corrected chi connectivity index (χ2v) is 6.60. The first kappa shape index (κ1) is 14.7. The van der Waals surface area contributed by atoms with E-state index in [4.69, 9.17) is 5.84 Å². The number of nitrogens with one attached hydrogen (secondary N) is 1. The lowest BCUT2D eigenvalue weighted by molar-refractivity contribution is 0.545. The summed E-state index contributed by atoms with van der Waals surface area (Å²) in [6.45, 7) is 7.08. The zero-order chi connectivity index (χ0) is 14.8. The Morgan fingerprint density at radius 2 is 2.10 bits per heavy atom. The highest BCUT2D eigenvalue weighted by Crippen LogP contribution is 2.24. The minimum Gasteiger partial charge on any atom is -0.355 e. The van der Waals surface area contributed by atoms with E-state index in [2.05, 4.69) is 57.9 Å². The van der Waals surface area contributed by atoms with Gasteiger partial charge in [-0.25, -0.2) is 15.8 Å². The molecule has 0 amide bonds. The zero-order valence-corrected chi connectivity index (χ0v) is 13.2. The Morgan fingerprint density at radius 3 is 2.65 bits per heavy atom.